The van der Waals surface area contributed by atoms with Crippen molar-refractivity contribution in [2.45, 2.75) is 88.6 Å². The van der Waals surface area contributed by atoms with Crippen molar-refractivity contribution in [1.82, 2.24) is 9.88 Å². The molecule has 2 saturated heterocycles. The summed E-state index contributed by atoms with van der Waals surface area (Å²) in [5.41, 5.74) is -4.81. The van der Waals surface area contributed by atoms with E-state index < -0.39 is 71.4 Å². The maximum absolute atomic E-state index is 13.8. The molecule has 1 amide bonds. The second-order valence-corrected chi connectivity index (χ2v) is 11.3. The molecule has 2 atom stereocenters. The normalized spacial score (nSPS) is 22.7. The number of halogens is 9. The highest BCUT2D eigenvalue weighted by molar-refractivity contribution is 5.71. The van der Waals surface area contributed by atoms with Gasteiger partial charge >= 0.3 is 24.6 Å². The fourth-order valence-electron chi connectivity index (χ4n) is 6.24. The van der Waals surface area contributed by atoms with Crippen LogP contribution in [0.25, 0.3) is 0 Å². The quantitative estimate of drug-likeness (QED) is 0.297. The number of carbonyl (C=O) groups excluding carboxylic acids is 1. The number of rotatable bonds is 6. The van der Waals surface area contributed by atoms with Crippen LogP contribution >= 0.6 is 0 Å². The minimum Gasteiger partial charge on any atom is -0.439 e. The lowest BCUT2D eigenvalue weighted by Crippen LogP contribution is -2.45. The Kier molecular flexibility index (Phi) is 8.70. The standard InChI is InChI=1S/C29H30F9N3O4/c1-3-40(22-4-6-26(7-5-22)43-8-9-44-26)24-18(12-21(14-39-24)29(36,37)38)15-41-16(2)23(45-25(41)42)17-10-19(27(30,31)32)13-20(11-17)28(33,34)35/h10-14,16,22-23H,3-9,15H2,1-2H3/t16-,23-/m0/s1. The third-order valence-electron chi connectivity index (χ3n) is 8.53. The average Bonchev–Trinajstić information content (AvgIpc) is 3.53. The molecule has 1 aromatic heterocycles. The molecule has 1 spiro atoms. The van der Waals surface area contributed by atoms with Gasteiger partial charge in [0.15, 0.2) is 5.79 Å². The van der Waals surface area contributed by atoms with Crippen molar-refractivity contribution in [2.24, 2.45) is 0 Å². The molecule has 5 rings (SSSR count). The van der Waals surface area contributed by atoms with Crippen molar-refractivity contribution in [3.63, 3.8) is 0 Å². The maximum atomic E-state index is 13.8. The van der Waals surface area contributed by atoms with Crippen LogP contribution in [0.2, 0.25) is 0 Å². The number of amides is 1. The van der Waals surface area contributed by atoms with E-state index in [9.17, 15) is 44.3 Å². The number of hydrogen-bond donors (Lipinski definition) is 0. The summed E-state index contributed by atoms with van der Waals surface area (Å²) in [5.74, 6) is -0.521. The molecule has 248 valence electrons. The number of benzene rings is 1. The number of alkyl halides is 9. The minimum absolute atomic E-state index is 0.00944. The van der Waals surface area contributed by atoms with Gasteiger partial charge in [0.1, 0.15) is 11.9 Å². The van der Waals surface area contributed by atoms with Crippen LogP contribution in [-0.2, 0) is 39.3 Å². The van der Waals surface area contributed by atoms with Gasteiger partial charge in [-0.15, -0.1) is 0 Å². The molecule has 0 N–H and O–H groups in total. The number of anilines is 1. The third kappa shape index (κ3) is 6.81. The van der Waals surface area contributed by atoms with Crippen LogP contribution < -0.4 is 4.90 Å². The molecular weight excluding hydrogens is 625 g/mol. The first-order valence-corrected chi connectivity index (χ1v) is 14.3. The van der Waals surface area contributed by atoms with E-state index in [1.807, 2.05) is 4.90 Å². The molecule has 3 fully saturated rings. The van der Waals surface area contributed by atoms with Crippen LogP contribution in [-0.4, -0.2) is 53.6 Å². The van der Waals surface area contributed by atoms with E-state index in [-0.39, 0.29) is 23.5 Å². The molecule has 45 heavy (non-hydrogen) atoms. The Morgan fingerprint density at radius 2 is 1.44 bits per heavy atom. The van der Waals surface area contributed by atoms with Crippen LogP contribution in [0, 0.1) is 0 Å². The van der Waals surface area contributed by atoms with Gasteiger partial charge in [-0.25, -0.2) is 9.78 Å². The lowest BCUT2D eigenvalue weighted by molar-refractivity contribution is -0.178. The Balaban J connectivity index is 1.46. The Hall–Kier alpha value is -3.27. The summed E-state index contributed by atoms with van der Waals surface area (Å²) in [7, 11) is 0. The Labute approximate surface area is 252 Å². The molecule has 3 heterocycles. The number of ether oxygens (including phenoxy) is 3. The van der Waals surface area contributed by atoms with E-state index >= 15 is 0 Å². The van der Waals surface area contributed by atoms with Crippen LogP contribution in [0.4, 0.5) is 50.1 Å². The summed E-state index contributed by atoms with van der Waals surface area (Å²) >= 11 is 0. The zero-order valence-electron chi connectivity index (χ0n) is 24.2. The van der Waals surface area contributed by atoms with Gasteiger partial charge in [-0.2, -0.15) is 39.5 Å². The number of hydrogen-bond acceptors (Lipinski definition) is 6. The molecule has 2 aliphatic heterocycles. The molecular formula is C29H30F9N3O4. The van der Waals surface area contributed by atoms with E-state index in [4.69, 9.17) is 14.2 Å². The molecule has 3 aliphatic rings. The first-order chi connectivity index (χ1) is 20.9. The highest BCUT2D eigenvalue weighted by Gasteiger charge is 2.45. The molecule has 0 bridgehead atoms. The second-order valence-electron chi connectivity index (χ2n) is 11.3. The fourth-order valence-corrected chi connectivity index (χ4v) is 6.24. The van der Waals surface area contributed by atoms with Crippen LogP contribution in [0.15, 0.2) is 30.5 Å². The number of aromatic nitrogens is 1. The van der Waals surface area contributed by atoms with Crippen molar-refractivity contribution < 1.29 is 58.5 Å². The zero-order chi connectivity index (χ0) is 32.9. The summed E-state index contributed by atoms with van der Waals surface area (Å²) in [6.07, 6.45) is -14.8. The van der Waals surface area contributed by atoms with Gasteiger partial charge in [-0.1, -0.05) is 0 Å². The Morgan fingerprint density at radius 1 is 0.889 bits per heavy atom. The number of carbonyl (C=O) groups is 1. The fraction of sp³-hybridized carbons (Fsp3) is 0.586. The molecule has 0 unspecified atom stereocenters. The third-order valence-corrected chi connectivity index (χ3v) is 8.53. The van der Waals surface area contributed by atoms with E-state index in [1.54, 1.807) is 6.92 Å². The van der Waals surface area contributed by atoms with E-state index in [0.717, 1.165) is 11.0 Å². The van der Waals surface area contributed by atoms with Gasteiger partial charge < -0.3 is 19.1 Å². The first-order valence-electron chi connectivity index (χ1n) is 14.3. The van der Waals surface area contributed by atoms with Gasteiger partial charge in [0.05, 0.1) is 42.5 Å². The van der Waals surface area contributed by atoms with E-state index in [1.165, 1.54) is 6.92 Å². The van der Waals surface area contributed by atoms with Crippen molar-refractivity contribution in [3.05, 3.63) is 58.3 Å². The number of nitrogens with zero attached hydrogens (tertiary/aromatic N) is 3. The molecule has 0 radical (unpaired) electrons. The Bertz CT molecular complexity index is 1360. The van der Waals surface area contributed by atoms with Crippen LogP contribution in [0.1, 0.15) is 73.5 Å². The Morgan fingerprint density at radius 3 is 1.96 bits per heavy atom. The highest BCUT2D eigenvalue weighted by Crippen LogP contribution is 2.43. The van der Waals surface area contributed by atoms with Gasteiger partial charge in [-0.05, 0) is 56.5 Å². The molecule has 16 heteroatoms. The number of pyridine rings is 1. The molecule has 7 nitrogen and oxygen atoms in total. The molecule has 1 aliphatic carbocycles. The predicted octanol–water partition coefficient (Wildman–Crippen LogP) is 7.73. The van der Waals surface area contributed by atoms with Crippen molar-refractivity contribution in [2.75, 3.05) is 24.7 Å². The molecule has 1 aromatic carbocycles. The van der Waals surface area contributed by atoms with Gasteiger partial charge in [0.25, 0.3) is 0 Å². The van der Waals surface area contributed by atoms with Gasteiger partial charge in [0.2, 0.25) is 0 Å². The molecule has 1 saturated carbocycles. The average molecular weight is 656 g/mol. The topological polar surface area (TPSA) is 64.1 Å². The van der Waals surface area contributed by atoms with E-state index in [2.05, 4.69) is 4.98 Å². The summed E-state index contributed by atoms with van der Waals surface area (Å²) < 4.78 is 139. The monoisotopic (exact) mass is 655 g/mol. The summed E-state index contributed by atoms with van der Waals surface area (Å²) in [5, 5.41) is 0. The minimum atomic E-state index is -5.13. The first kappa shape index (κ1) is 33.1. The predicted molar refractivity (Wildman–Crippen MR) is 140 cm³/mol. The summed E-state index contributed by atoms with van der Waals surface area (Å²) in [6.45, 7) is 3.92. The highest BCUT2D eigenvalue weighted by atomic mass is 19.4. The van der Waals surface area contributed by atoms with Crippen molar-refractivity contribution in [1.29, 1.82) is 0 Å². The van der Waals surface area contributed by atoms with Crippen molar-refractivity contribution >= 4 is 11.9 Å². The zero-order valence-corrected chi connectivity index (χ0v) is 24.2. The largest absolute Gasteiger partial charge is 0.439 e. The SMILES string of the molecule is CCN(c1ncc(C(F)(F)F)cc1CN1C(=O)O[C@H](c2cc(C(F)(F)F)cc(C(F)(F)F)c2)[C@@H]1C)C1CCC2(CC1)OCCO2. The maximum Gasteiger partial charge on any atom is 0.417 e. The summed E-state index contributed by atoms with van der Waals surface area (Å²) in [4.78, 5) is 19.9. The van der Waals surface area contributed by atoms with Gasteiger partial charge in [-0.3, -0.25) is 4.90 Å². The lowest BCUT2D eigenvalue weighted by Gasteiger charge is -2.41. The second kappa shape index (κ2) is 11.8. The van der Waals surface area contributed by atoms with E-state index in [0.29, 0.717) is 63.8 Å². The number of cyclic esters (lactones) is 1. The van der Waals surface area contributed by atoms with Crippen LogP contribution in [0.5, 0.6) is 0 Å². The smallest absolute Gasteiger partial charge is 0.417 e. The lowest BCUT2D eigenvalue weighted by atomic mass is 9.88. The van der Waals surface area contributed by atoms with Gasteiger partial charge in [0, 0.05) is 37.2 Å². The van der Waals surface area contributed by atoms with Crippen molar-refractivity contribution in [3.8, 4) is 0 Å². The summed E-state index contributed by atoms with van der Waals surface area (Å²) in [6, 6.07) is 0.440. The molecule has 2 aromatic rings. The van der Waals surface area contributed by atoms with Crippen LogP contribution in [0.3, 0.4) is 0 Å².